The molecule has 0 fully saturated rings. The molecule has 1 rings (SSSR count). The second-order valence-corrected chi connectivity index (χ2v) is 2.38. The molecule has 0 aromatic rings. The van der Waals surface area contributed by atoms with Crippen LogP contribution in [0.5, 0.6) is 0 Å². The zero-order valence-corrected chi connectivity index (χ0v) is 5.22. The maximum Gasteiger partial charge on any atom is 0.0359 e. The summed E-state index contributed by atoms with van der Waals surface area (Å²) in [5.41, 5.74) is 1.52. The van der Waals surface area contributed by atoms with Gasteiger partial charge in [0.15, 0.2) is 0 Å². The summed E-state index contributed by atoms with van der Waals surface area (Å²) in [5.74, 6) is 1.18. The van der Waals surface area contributed by atoms with E-state index in [0.717, 1.165) is 0 Å². The lowest BCUT2D eigenvalue weighted by Gasteiger charge is -1.85. The molecule has 0 amide bonds. The molecule has 1 aliphatic rings. The van der Waals surface area contributed by atoms with Crippen LogP contribution in [0.3, 0.4) is 0 Å². The maximum absolute atomic E-state index is 3.08. The summed E-state index contributed by atoms with van der Waals surface area (Å²) in [6.45, 7) is 2.18. The summed E-state index contributed by atoms with van der Waals surface area (Å²) < 4.78 is 3.08. The lowest BCUT2D eigenvalue weighted by atomic mass is 10.3. The minimum atomic E-state index is 1.18. The molecule has 0 saturated heterocycles. The second kappa shape index (κ2) is 2.26. The van der Waals surface area contributed by atoms with Gasteiger partial charge in [-0.05, 0) is 23.9 Å². The van der Waals surface area contributed by atoms with E-state index in [0.29, 0.717) is 0 Å². The fourth-order valence-corrected chi connectivity index (χ4v) is 1.31. The van der Waals surface area contributed by atoms with Crippen molar-refractivity contribution in [1.29, 1.82) is 0 Å². The molecule has 1 aliphatic heterocycles. The highest BCUT2D eigenvalue weighted by atomic mass is 32.2. The van der Waals surface area contributed by atoms with E-state index in [1.807, 2.05) is 0 Å². The minimum Gasteiger partial charge on any atom is -0.336 e. The van der Waals surface area contributed by atoms with Crippen LogP contribution in [0.2, 0.25) is 0 Å². The van der Waals surface area contributed by atoms with Gasteiger partial charge in [-0.3, -0.25) is 0 Å². The van der Waals surface area contributed by atoms with E-state index in [-0.39, 0.29) is 0 Å². The van der Waals surface area contributed by atoms with Crippen LogP contribution in [0.25, 0.3) is 0 Å². The van der Waals surface area contributed by atoms with Gasteiger partial charge in [-0.1, -0.05) is 6.92 Å². The normalized spacial score (nSPS) is 18.7. The van der Waals surface area contributed by atoms with Gasteiger partial charge in [-0.15, -0.1) is 0 Å². The van der Waals surface area contributed by atoms with Crippen molar-refractivity contribution in [2.45, 2.75) is 13.3 Å². The predicted molar refractivity (Wildman–Crippen MR) is 34.0 cm³/mol. The average molecular weight is 115 g/mol. The van der Waals surface area contributed by atoms with Crippen LogP contribution in [0.4, 0.5) is 0 Å². The summed E-state index contributed by atoms with van der Waals surface area (Å²) in [6.07, 6.45) is 3.28. The summed E-state index contributed by atoms with van der Waals surface area (Å²) in [4.78, 5) is 0. The van der Waals surface area contributed by atoms with Crippen molar-refractivity contribution in [2.75, 3.05) is 5.75 Å². The maximum atomic E-state index is 3.08. The molecule has 7 heavy (non-hydrogen) atoms. The predicted octanol–water partition coefficient (Wildman–Crippen LogP) is 1.53. The van der Waals surface area contributed by atoms with Crippen LogP contribution in [0.1, 0.15) is 13.3 Å². The van der Waals surface area contributed by atoms with Crippen LogP contribution >= 0.6 is 11.9 Å². The van der Waals surface area contributed by atoms with E-state index in [2.05, 4.69) is 17.8 Å². The van der Waals surface area contributed by atoms with E-state index in [9.17, 15) is 0 Å². The molecule has 1 N–H and O–H groups in total. The third-order valence-electron chi connectivity index (χ3n) is 1.06. The summed E-state index contributed by atoms with van der Waals surface area (Å²) >= 11 is 1.76. The highest BCUT2D eigenvalue weighted by Crippen LogP contribution is 2.13. The average Bonchev–Trinajstić information content (AvgIpc) is 2.14. The SMILES string of the molecule is CCC1=CNSC1. The van der Waals surface area contributed by atoms with Gasteiger partial charge >= 0.3 is 0 Å². The van der Waals surface area contributed by atoms with E-state index in [1.165, 1.54) is 17.7 Å². The van der Waals surface area contributed by atoms with Gasteiger partial charge in [0.25, 0.3) is 0 Å². The van der Waals surface area contributed by atoms with Crippen molar-refractivity contribution in [2.24, 2.45) is 0 Å². The van der Waals surface area contributed by atoms with Crippen LogP contribution in [-0.4, -0.2) is 5.75 Å². The number of rotatable bonds is 1. The molecule has 40 valence electrons. The van der Waals surface area contributed by atoms with Crippen LogP contribution in [-0.2, 0) is 0 Å². The summed E-state index contributed by atoms with van der Waals surface area (Å²) in [7, 11) is 0. The van der Waals surface area contributed by atoms with E-state index >= 15 is 0 Å². The van der Waals surface area contributed by atoms with Gasteiger partial charge in [0.05, 0.1) is 0 Å². The van der Waals surface area contributed by atoms with Gasteiger partial charge in [0, 0.05) is 12.0 Å². The number of nitrogens with one attached hydrogen (secondary N) is 1. The molecule has 0 aromatic carbocycles. The first-order valence-corrected chi connectivity index (χ1v) is 3.47. The Hall–Kier alpha value is -0.110. The molecule has 0 unspecified atom stereocenters. The van der Waals surface area contributed by atoms with Gasteiger partial charge < -0.3 is 4.72 Å². The Morgan fingerprint density at radius 2 is 2.86 bits per heavy atom. The first kappa shape index (κ1) is 5.04. The topological polar surface area (TPSA) is 12.0 Å². The van der Waals surface area contributed by atoms with Crippen molar-refractivity contribution in [3.63, 3.8) is 0 Å². The highest BCUT2D eigenvalue weighted by Gasteiger charge is 1.98. The minimum absolute atomic E-state index is 1.18. The molecule has 0 bridgehead atoms. The van der Waals surface area contributed by atoms with Crippen LogP contribution < -0.4 is 4.72 Å². The van der Waals surface area contributed by atoms with Gasteiger partial charge in [-0.2, -0.15) is 0 Å². The first-order valence-electron chi connectivity index (χ1n) is 2.48. The Bertz CT molecular complexity index is 88.1. The molecule has 1 heterocycles. The Morgan fingerprint density at radius 1 is 2.00 bits per heavy atom. The van der Waals surface area contributed by atoms with E-state index < -0.39 is 0 Å². The lowest BCUT2D eigenvalue weighted by Crippen LogP contribution is -1.78. The molecule has 0 saturated carbocycles. The highest BCUT2D eigenvalue weighted by molar-refractivity contribution is 7.97. The molecule has 0 radical (unpaired) electrons. The lowest BCUT2D eigenvalue weighted by molar-refractivity contribution is 1.10. The first-order chi connectivity index (χ1) is 3.43. The van der Waals surface area contributed by atoms with Crippen molar-refractivity contribution in [1.82, 2.24) is 4.72 Å². The summed E-state index contributed by atoms with van der Waals surface area (Å²) in [6, 6.07) is 0. The standard InChI is InChI=1S/C5H9NS/c1-2-5-3-6-7-4-5/h3,6H,2,4H2,1H3. The second-order valence-electron chi connectivity index (χ2n) is 1.56. The third-order valence-corrected chi connectivity index (χ3v) is 1.86. The van der Waals surface area contributed by atoms with Crippen LogP contribution in [0.15, 0.2) is 11.8 Å². The molecule has 0 atom stereocenters. The van der Waals surface area contributed by atoms with E-state index in [4.69, 9.17) is 0 Å². The fourth-order valence-electron chi connectivity index (χ4n) is 0.505. The summed E-state index contributed by atoms with van der Waals surface area (Å²) in [5, 5.41) is 0. The van der Waals surface area contributed by atoms with Crippen molar-refractivity contribution in [3.05, 3.63) is 11.8 Å². The van der Waals surface area contributed by atoms with Crippen molar-refractivity contribution >= 4 is 11.9 Å². The molecule has 0 aliphatic carbocycles. The largest absolute Gasteiger partial charge is 0.336 e. The number of hydrogen-bond donors (Lipinski definition) is 1. The van der Waals surface area contributed by atoms with E-state index in [1.54, 1.807) is 11.9 Å². The molecule has 1 nitrogen and oxygen atoms in total. The molecule has 0 spiro atoms. The fraction of sp³-hybridized carbons (Fsp3) is 0.600. The van der Waals surface area contributed by atoms with Crippen molar-refractivity contribution < 1.29 is 0 Å². The smallest absolute Gasteiger partial charge is 0.0359 e. The monoisotopic (exact) mass is 115 g/mol. The Kier molecular flexibility index (Phi) is 1.63. The quantitative estimate of drug-likeness (QED) is 0.520. The molecular formula is C5H9NS. The molecule has 0 aromatic heterocycles. The molecular weight excluding hydrogens is 106 g/mol. The van der Waals surface area contributed by atoms with Gasteiger partial charge in [0.2, 0.25) is 0 Å². The zero-order valence-electron chi connectivity index (χ0n) is 4.40. The third kappa shape index (κ3) is 1.13. The Morgan fingerprint density at radius 3 is 3.14 bits per heavy atom. The number of hydrogen-bond acceptors (Lipinski definition) is 2. The zero-order chi connectivity index (χ0) is 5.11. The van der Waals surface area contributed by atoms with Gasteiger partial charge in [0.1, 0.15) is 0 Å². The van der Waals surface area contributed by atoms with Gasteiger partial charge in [-0.25, -0.2) is 0 Å². The Balaban J connectivity index is 2.36. The van der Waals surface area contributed by atoms with Crippen LogP contribution in [0, 0.1) is 0 Å². The van der Waals surface area contributed by atoms with Crippen molar-refractivity contribution in [3.8, 4) is 0 Å². The molecule has 2 heteroatoms. The Labute approximate surface area is 48.3 Å².